The van der Waals surface area contributed by atoms with Crippen molar-refractivity contribution >= 4 is 44.8 Å². The summed E-state index contributed by atoms with van der Waals surface area (Å²) in [6, 6.07) is 3.57. The molecule has 1 aliphatic heterocycles. The van der Waals surface area contributed by atoms with Crippen LogP contribution in [-0.2, 0) is 4.79 Å². The van der Waals surface area contributed by atoms with Gasteiger partial charge in [0.2, 0.25) is 0 Å². The van der Waals surface area contributed by atoms with Gasteiger partial charge in [-0.25, -0.2) is 0 Å². The molecule has 1 aromatic rings. The molecule has 0 saturated carbocycles. The molecule has 1 saturated heterocycles. The Bertz CT molecular complexity index is 729. The summed E-state index contributed by atoms with van der Waals surface area (Å²) in [5.41, 5.74) is 0.531. The molecule has 1 amide bonds. The first kappa shape index (κ1) is 19.8. The van der Waals surface area contributed by atoms with E-state index in [1.54, 1.807) is 23.1 Å². The molecule has 0 radical (unpaired) electrons. The highest BCUT2D eigenvalue weighted by Crippen LogP contribution is 2.39. The minimum absolute atomic E-state index is 0.0125. The molecule has 0 atom stereocenters. The molecule has 1 aromatic carbocycles. The third-order valence-corrected chi connectivity index (χ3v) is 4.83. The van der Waals surface area contributed by atoms with E-state index in [0.29, 0.717) is 28.0 Å². The van der Waals surface area contributed by atoms with Crippen molar-refractivity contribution < 1.29 is 14.6 Å². The van der Waals surface area contributed by atoms with Gasteiger partial charge in [0.05, 0.1) is 11.5 Å². The second-order valence-electron chi connectivity index (χ2n) is 6.16. The van der Waals surface area contributed by atoms with E-state index >= 15 is 0 Å². The van der Waals surface area contributed by atoms with Gasteiger partial charge in [-0.3, -0.25) is 14.7 Å². The molecule has 0 spiro atoms. The molecule has 7 heteroatoms. The van der Waals surface area contributed by atoms with Crippen molar-refractivity contribution in [3.05, 3.63) is 27.1 Å². The van der Waals surface area contributed by atoms with Gasteiger partial charge >= 0.3 is 0 Å². The maximum Gasteiger partial charge on any atom is 0.266 e. The van der Waals surface area contributed by atoms with E-state index in [9.17, 15) is 9.90 Å². The molecule has 1 N–H and O–H groups in total. The average Bonchev–Trinajstić information content (AvgIpc) is 2.79. The zero-order chi connectivity index (χ0) is 18.7. The standard InChI is InChI=1S/C18H23BrN2O3S/c1-6-24-14-9-13(19)7-12(16(14)22)8-15-17(23)21(11(4)5)18(25-15)20-10(2)3/h7-11,22H,6H2,1-5H3/b15-8+,20-18?. The summed E-state index contributed by atoms with van der Waals surface area (Å²) in [7, 11) is 0. The van der Waals surface area contributed by atoms with Crippen molar-refractivity contribution in [2.45, 2.75) is 46.7 Å². The quantitative estimate of drug-likeness (QED) is 0.696. The number of hydrogen-bond acceptors (Lipinski definition) is 5. The summed E-state index contributed by atoms with van der Waals surface area (Å²) in [5.74, 6) is 0.309. The molecule has 1 fully saturated rings. The van der Waals surface area contributed by atoms with Crippen molar-refractivity contribution in [3.63, 3.8) is 0 Å². The summed E-state index contributed by atoms with van der Waals surface area (Å²) in [6.07, 6.45) is 1.69. The van der Waals surface area contributed by atoms with Gasteiger partial charge in [0.1, 0.15) is 0 Å². The van der Waals surface area contributed by atoms with Gasteiger partial charge in [-0.05, 0) is 64.6 Å². The van der Waals surface area contributed by atoms with E-state index in [0.717, 1.165) is 4.47 Å². The van der Waals surface area contributed by atoms with Crippen LogP contribution >= 0.6 is 27.7 Å². The van der Waals surface area contributed by atoms with Gasteiger partial charge in [-0.15, -0.1) is 0 Å². The Kier molecular flexibility index (Phi) is 6.57. The first-order valence-electron chi connectivity index (χ1n) is 8.20. The largest absolute Gasteiger partial charge is 0.504 e. The highest BCUT2D eigenvalue weighted by atomic mass is 79.9. The zero-order valence-corrected chi connectivity index (χ0v) is 17.4. The highest BCUT2D eigenvalue weighted by Gasteiger charge is 2.35. The molecule has 0 aliphatic carbocycles. The Morgan fingerprint density at radius 1 is 1.36 bits per heavy atom. The number of benzene rings is 1. The van der Waals surface area contributed by atoms with Crippen LogP contribution in [0.1, 0.15) is 40.2 Å². The summed E-state index contributed by atoms with van der Waals surface area (Å²) in [4.78, 5) is 19.6. The van der Waals surface area contributed by atoms with Crippen molar-refractivity contribution in [3.8, 4) is 11.5 Å². The maximum atomic E-state index is 12.8. The van der Waals surface area contributed by atoms with Crippen molar-refractivity contribution in [1.29, 1.82) is 0 Å². The lowest BCUT2D eigenvalue weighted by Gasteiger charge is -2.20. The first-order valence-corrected chi connectivity index (χ1v) is 9.81. The third-order valence-electron chi connectivity index (χ3n) is 3.38. The number of rotatable bonds is 5. The van der Waals surface area contributed by atoms with Crippen molar-refractivity contribution in [2.75, 3.05) is 6.61 Å². The Morgan fingerprint density at radius 3 is 2.60 bits per heavy atom. The number of phenolic OH excluding ortho intramolecular Hbond substituents is 1. The SMILES string of the molecule is CCOc1cc(Br)cc(/C=C2/SC(=NC(C)C)N(C(C)C)C2=O)c1O. The molecule has 136 valence electrons. The zero-order valence-electron chi connectivity index (χ0n) is 15.0. The van der Waals surface area contributed by atoms with E-state index in [2.05, 4.69) is 20.9 Å². The number of aromatic hydroxyl groups is 1. The Hall–Kier alpha value is -1.47. The van der Waals surface area contributed by atoms with Gasteiger partial charge in [0, 0.05) is 22.1 Å². The average molecular weight is 427 g/mol. The number of nitrogens with zero attached hydrogens (tertiary/aromatic N) is 2. The van der Waals surface area contributed by atoms with Gasteiger partial charge in [0.15, 0.2) is 16.7 Å². The van der Waals surface area contributed by atoms with Gasteiger partial charge in [-0.1, -0.05) is 15.9 Å². The molecular weight excluding hydrogens is 404 g/mol. The number of aliphatic imine (C=N–C) groups is 1. The van der Waals surface area contributed by atoms with Crippen molar-refractivity contribution in [1.82, 2.24) is 4.90 Å². The second kappa shape index (κ2) is 8.27. The fraction of sp³-hybridized carbons (Fsp3) is 0.444. The number of phenols is 1. The van der Waals surface area contributed by atoms with Gasteiger partial charge in [0.25, 0.3) is 5.91 Å². The lowest BCUT2D eigenvalue weighted by atomic mass is 10.1. The van der Waals surface area contributed by atoms with Crippen LogP contribution in [0.25, 0.3) is 6.08 Å². The first-order chi connectivity index (χ1) is 11.7. The topological polar surface area (TPSA) is 62.1 Å². The smallest absolute Gasteiger partial charge is 0.266 e. The Labute approximate surface area is 161 Å². The maximum absolute atomic E-state index is 12.8. The molecular formula is C18H23BrN2O3S. The van der Waals surface area contributed by atoms with E-state index < -0.39 is 0 Å². The van der Waals surface area contributed by atoms with Gasteiger partial charge in [-0.2, -0.15) is 0 Å². The molecule has 1 heterocycles. The Morgan fingerprint density at radius 2 is 2.04 bits per heavy atom. The van der Waals surface area contributed by atoms with Crippen LogP contribution in [0.4, 0.5) is 0 Å². The number of hydrogen-bond donors (Lipinski definition) is 1. The van der Waals surface area contributed by atoms with Crippen LogP contribution in [-0.4, -0.2) is 39.8 Å². The molecule has 1 aliphatic rings. The number of thioether (sulfide) groups is 1. The van der Waals surface area contributed by atoms with Crippen LogP contribution in [0.15, 0.2) is 26.5 Å². The number of carbonyl (C=O) groups is 1. The number of halogens is 1. The minimum atomic E-state index is -0.100. The van der Waals surface area contributed by atoms with Crippen LogP contribution in [0.5, 0.6) is 11.5 Å². The predicted octanol–water partition coefficient (Wildman–Crippen LogP) is 4.64. The molecule has 0 unspecified atom stereocenters. The lowest BCUT2D eigenvalue weighted by molar-refractivity contribution is -0.123. The van der Waals surface area contributed by atoms with Gasteiger partial charge < -0.3 is 9.84 Å². The normalized spacial score (nSPS) is 18.2. The summed E-state index contributed by atoms with van der Waals surface area (Å²) >= 11 is 4.75. The number of carbonyl (C=O) groups excluding carboxylic acids is 1. The van der Waals surface area contributed by atoms with Crippen molar-refractivity contribution in [2.24, 2.45) is 4.99 Å². The molecule has 5 nitrogen and oxygen atoms in total. The number of ether oxygens (including phenoxy) is 1. The summed E-state index contributed by atoms with van der Waals surface area (Å²) < 4.78 is 6.22. The monoisotopic (exact) mass is 426 g/mol. The highest BCUT2D eigenvalue weighted by molar-refractivity contribution is 9.10. The van der Waals surface area contributed by atoms with E-state index in [1.807, 2.05) is 34.6 Å². The van der Waals surface area contributed by atoms with E-state index in [-0.39, 0.29) is 23.7 Å². The van der Waals surface area contributed by atoms with Crippen LogP contribution < -0.4 is 4.74 Å². The molecule has 0 aromatic heterocycles. The number of amides is 1. The second-order valence-corrected chi connectivity index (χ2v) is 8.08. The van der Waals surface area contributed by atoms with Crippen LogP contribution in [0.3, 0.4) is 0 Å². The Balaban J connectivity index is 2.46. The fourth-order valence-corrected chi connectivity index (χ4v) is 4.04. The fourth-order valence-electron chi connectivity index (χ4n) is 2.36. The lowest BCUT2D eigenvalue weighted by Crippen LogP contribution is -2.35. The molecule has 25 heavy (non-hydrogen) atoms. The van der Waals surface area contributed by atoms with Crippen LogP contribution in [0.2, 0.25) is 0 Å². The minimum Gasteiger partial charge on any atom is -0.504 e. The molecule has 2 rings (SSSR count). The number of amidine groups is 1. The predicted molar refractivity (Wildman–Crippen MR) is 107 cm³/mol. The summed E-state index contributed by atoms with van der Waals surface area (Å²) in [5, 5.41) is 11.1. The van der Waals surface area contributed by atoms with Crippen LogP contribution in [0, 0.1) is 0 Å². The third kappa shape index (κ3) is 4.58. The van der Waals surface area contributed by atoms with E-state index in [4.69, 9.17) is 4.74 Å². The van der Waals surface area contributed by atoms with E-state index in [1.165, 1.54) is 11.8 Å². The summed E-state index contributed by atoms with van der Waals surface area (Å²) in [6.45, 7) is 10.2. The molecule has 0 bridgehead atoms.